The van der Waals surface area contributed by atoms with E-state index in [2.05, 4.69) is 43.3 Å². The highest BCUT2D eigenvalue weighted by Crippen LogP contribution is 2.39. The van der Waals surface area contributed by atoms with Crippen molar-refractivity contribution in [1.82, 2.24) is 0 Å². The normalized spacial score (nSPS) is 17.9. The largest absolute Gasteiger partial charge is 0.378 e. The highest BCUT2D eigenvalue weighted by atomic mass is 15.1. The van der Waals surface area contributed by atoms with E-state index < -0.39 is 0 Å². The summed E-state index contributed by atoms with van der Waals surface area (Å²) in [5.41, 5.74) is 8.62. The van der Waals surface area contributed by atoms with Gasteiger partial charge in [-0.2, -0.15) is 0 Å². The predicted octanol–water partition coefficient (Wildman–Crippen LogP) is 2.16. The van der Waals surface area contributed by atoms with E-state index in [0.29, 0.717) is 0 Å². The van der Waals surface area contributed by atoms with Crippen LogP contribution in [0.2, 0.25) is 0 Å². The molecule has 1 fully saturated rings. The quantitative estimate of drug-likeness (QED) is 0.791. The molecular weight excluding hydrogens is 172 g/mol. The Hall–Kier alpha value is -1.02. The van der Waals surface area contributed by atoms with Crippen LogP contribution < -0.4 is 10.6 Å². The lowest BCUT2D eigenvalue weighted by Gasteiger charge is -2.15. The van der Waals surface area contributed by atoms with Crippen molar-refractivity contribution in [2.24, 2.45) is 11.7 Å². The van der Waals surface area contributed by atoms with E-state index in [1.807, 2.05) is 0 Å². The van der Waals surface area contributed by atoms with Crippen LogP contribution in [0.15, 0.2) is 24.3 Å². The van der Waals surface area contributed by atoms with Crippen molar-refractivity contribution in [1.29, 1.82) is 0 Å². The van der Waals surface area contributed by atoms with E-state index in [4.69, 9.17) is 5.73 Å². The van der Waals surface area contributed by atoms with Gasteiger partial charge in [0.25, 0.3) is 0 Å². The van der Waals surface area contributed by atoms with E-state index in [9.17, 15) is 0 Å². The molecule has 14 heavy (non-hydrogen) atoms. The SMILES string of the molecule is CN(C)c1ccc([C@H](N)C2CC2)cc1. The smallest absolute Gasteiger partial charge is 0.0361 e. The summed E-state index contributed by atoms with van der Waals surface area (Å²) in [5.74, 6) is 0.736. The molecule has 0 saturated heterocycles. The first-order valence-corrected chi connectivity index (χ1v) is 5.21. The van der Waals surface area contributed by atoms with E-state index in [-0.39, 0.29) is 6.04 Å². The zero-order valence-electron chi connectivity index (χ0n) is 8.90. The molecular formula is C12H18N2. The Labute approximate surface area is 85.7 Å². The van der Waals surface area contributed by atoms with Gasteiger partial charge in [-0.25, -0.2) is 0 Å². The summed E-state index contributed by atoms with van der Waals surface area (Å²) in [5, 5.41) is 0. The van der Waals surface area contributed by atoms with Crippen molar-refractivity contribution in [3.8, 4) is 0 Å². The summed E-state index contributed by atoms with van der Waals surface area (Å²) in [6.07, 6.45) is 2.60. The van der Waals surface area contributed by atoms with Gasteiger partial charge in [0, 0.05) is 25.8 Å². The molecule has 2 heteroatoms. The summed E-state index contributed by atoms with van der Waals surface area (Å²) in [6, 6.07) is 8.83. The Morgan fingerprint density at radius 1 is 1.21 bits per heavy atom. The Morgan fingerprint density at radius 3 is 2.21 bits per heavy atom. The Bertz CT molecular complexity index is 299. The van der Waals surface area contributed by atoms with Crippen LogP contribution in [0.4, 0.5) is 5.69 Å². The topological polar surface area (TPSA) is 29.3 Å². The molecule has 0 spiro atoms. The number of hydrogen-bond acceptors (Lipinski definition) is 2. The van der Waals surface area contributed by atoms with E-state index >= 15 is 0 Å². The molecule has 0 radical (unpaired) electrons. The van der Waals surface area contributed by atoms with Crippen LogP contribution in [0.5, 0.6) is 0 Å². The molecule has 1 aliphatic rings. The summed E-state index contributed by atoms with van der Waals surface area (Å²) < 4.78 is 0. The van der Waals surface area contributed by atoms with Crippen molar-refractivity contribution in [2.45, 2.75) is 18.9 Å². The Morgan fingerprint density at radius 2 is 1.79 bits per heavy atom. The van der Waals surface area contributed by atoms with Gasteiger partial charge >= 0.3 is 0 Å². The van der Waals surface area contributed by atoms with Crippen LogP contribution >= 0.6 is 0 Å². The van der Waals surface area contributed by atoms with Crippen molar-refractivity contribution >= 4 is 5.69 Å². The summed E-state index contributed by atoms with van der Waals surface area (Å²) in [7, 11) is 4.10. The second-order valence-electron chi connectivity index (χ2n) is 4.35. The molecule has 0 unspecified atom stereocenters. The Balaban J connectivity index is 2.12. The van der Waals surface area contributed by atoms with E-state index in [1.165, 1.54) is 24.1 Å². The fraction of sp³-hybridized carbons (Fsp3) is 0.500. The first-order chi connectivity index (χ1) is 6.68. The van der Waals surface area contributed by atoms with Crippen LogP contribution in [0.3, 0.4) is 0 Å². The first kappa shape index (κ1) is 9.53. The minimum absolute atomic E-state index is 0.256. The summed E-state index contributed by atoms with van der Waals surface area (Å²) >= 11 is 0. The molecule has 0 aromatic heterocycles. The minimum atomic E-state index is 0.256. The van der Waals surface area contributed by atoms with Crippen LogP contribution in [0, 0.1) is 5.92 Å². The van der Waals surface area contributed by atoms with Crippen molar-refractivity contribution in [3.63, 3.8) is 0 Å². The maximum absolute atomic E-state index is 6.11. The van der Waals surface area contributed by atoms with E-state index in [0.717, 1.165) is 5.92 Å². The molecule has 1 atom stereocenters. The number of anilines is 1. The lowest BCUT2D eigenvalue weighted by atomic mass is 10.0. The molecule has 0 amide bonds. The second kappa shape index (κ2) is 3.62. The molecule has 1 saturated carbocycles. The van der Waals surface area contributed by atoms with Gasteiger partial charge in [-0.15, -0.1) is 0 Å². The third kappa shape index (κ3) is 1.90. The van der Waals surface area contributed by atoms with Gasteiger partial charge in [0.2, 0.25) is 0 Å². The zero-order chi connectivity index (χ0) is 10.1. The highest BCUT2D eigenvalue weighted by molar-refractivity contribution is 5.46. The summed E-state index contributed by atoms with van der Waals surface area (Å²) in [4.78, 5) is 2.10. The number of nitrogens with zero attached hydrogens (tertiary/aromatic N) is 1. The maximum atomic E-state index is 6.11. The maximum Gasteiger partial charge on any atom is 0.0361 e. The fourth-order valence-corrected chi connectivity index (χ4v) is 1.72. The van der Waals surface area contributed by atoms with Crippen molar-refractivity contribution < 1.29 is 0 Å². The van der Waals surface area contributed by atoms with Crippen LogP contribution in [-0.2, 0) is 0 Å². The molecule has 2 nitrogen and oxygen atoms in total. The molecule has 0 bridgehead atoms. The van der Waals surface area contributed by atoms with Gasteiger partial charge in [-0.1, -0.05) is 12.1 Å². The molecule has 1 aliphatic carbocycles. The van der Waals surface area contributed by atoms with Gasteiger partial charge in [0.1, 0.15) is 0 Å². The molecule has 76 valence electrons. The first-order valence-electron chi connectivity index (χ1n) is 5.21. The number of benzene rings is 1. The standard InChI is InChI=1S/C12H18N2/c1-14(2)11-7-5-10(6-8-11)12(13)9-3-4-9/h5-9,12H,3-4,13H2,1-2H3/t12-/m1/s1. The minimum Gasteiger partial charge on any atom is -0.378 e. The molecule has 2 rings (SSSR count). The second-order valence-corrected chi connectivity index (χ2v) is 4.35. The van der Waals surface area contributed by atoms with Gasteiger partial charge in [0.15, 0.2) is 0 Å². The van der Waals surface area contributed by atoms with Crippen LogP contribution in [-0.4, -0.2) is 14.1 Å². The van der Waals surface area contributed by atoms with Crippen molar-refractivity contribution in [3.05, 3.63) is 29.8 Å². The molecule has 2 N–H and O–H groups in total. The third-order valence-corrected chi connectivity index (χ3v) is 2.92. The monoisotopic (exact) mass is 190 g/mol. The summed E-state index contributed by atoms with van der Waals surface area (Å²) in [6.45, 7) is 0. The van der Waals surface area contributed by atoms with Crippen LogP contribution in [0.1, 0.15) is 24.4 Å². The number of nitrogens with two attached hydrogens (primary N) is 1. The predicted molar refractivity (Wildman–Crippen MR) is 60.4 cm³/mol. The lowest BCUT2D eigenvalue weighted by Crippen LogP contribution is -2.13. The zero-order valence-corrected chi connectivity index (χ0v) is 8.90. The molecule has 0 heterocycles. The number of rotatable bonds is 3. The average Bonchev–Trinajstić information content (AvgIpc) is 3.00. The van der Waals surface area contributed by atoms with E-state index in [1.54, 1.807) is 0 Å². The van der Waals surface area contributed by atoms with Gasteiger partial charge < -0.3 is 10.6 Å². The van der Waals surface area contributed by atoms with Gasteiger partial charge in [-0.3, -0.25) is 0 Å². The molecule has 0 aliphatic heterocycles. The van der Waals surface area contributed by atoms with Crippen LogP contribution in [0.25, 0.3) is 0 Å². The Kier molecular flexibility index (Phi) is 2.46. The van der Waals surface area contributed by atoms with Gasteiger partial charge in [0.05, 0.1) is 0 Å². The lowest BCUT2D eigenvalue weighted by molar-refractivity contribution is 0.633. The number of hydrogen-bond donors (Lipinski definition) is 1. The van der Waals surface area contributed by atoms with Gasteiger partial charge in [-0.05, 0) is 36.5 Å². The molecule has 1 aromatic rings. The highest BCUT2D eigenvalue weighted by Gasteiger charge is 2.29. The molecule has 1 aromatic carbocycles. The average molecular weight is 190 g/mol. The third-order valence-electron chi connectivity index (χ3n) is 2.92. The fourth-order valence-electron chi connectivity index (χ4n) is 1.72. The van der Waals surface area contributed by atoms with Crippen molar-refractivity contribution in [2.75, 3.05) is 19.0 Å².